The first-order valence-electron chi connectivity index (χ1n) is 4.58. The minimum absolute atomic E-state index is 0.376. The van der Waals surface area contributed by atoms with Crippen LogP contribution < -0.4 is 10.2 Å². The van der Waals surface area contributed by atoms with E-state index in [0.29, 0.717) is 12.5 Å². The van der Waals surface area contributed by atoms with E-state index in [1.54, 1.807) is 0 Å². The maximum absolute atomic E-state index is 5.94. The normalized spacial score (nSPS) is 22.9. The van der Waals surface area contributed by atoms with Crippen molar-refractivity contribution < 1.29 is 4.74 Å². The molecule has 0 fully saturated rings. The third kappa shape index (κ3) is 1.09. The van der Waals surface area contributed by atoms with Gasteiger partial charge in [0.25, 0.3) is 0 Å². The van der Waals surface area contributed by atoms with Gasteiger partial charge < -0.3 is 10.2 Å². The summed E-state index contributed by atoms with van der Waals surface area (Å²) in [7, 11) is 0. The van der Waals surface area contributed by atoms with E-state index in [1.165, 1.54) is 0 Å². The fraction of sp³-hybridized carbons (Fsp3) is 0.300. The number of nitrogens with one attached hydrogen (secondary N) is 1. The number of hydrogen-bond acceptors (Lipinski definition) is 3. The van der Waals surface area contributed by atoms with Gasteiger partial charge in [-0.15, -0.1) is 0 Å². The number of hydrazone groups is 1. The smallest absolute Gasteiger partial charge is 0.128 e. The number of halogens is 1. The van der Waals surface area contributed by atoms with E-state index in [9.17, 15) is 0 Å². The molecule has 3 rings (SSSR count). The van der Waals surface area contributed by atoms with Gasteiger partial charge >= 0.3 is 0 Å². The van der Waals surface area contributed by atoms with Crippen LogP contribution in [0.3, 0.4) is 0 Å². The van der Waals surface area contributed by atoms with Crippen molar-refractivity contribution in [1.29, 1.82) is 0 Å². The van der Waals surface area contributed by atoms with Crippen molar-refractivity contribution in [3.63, 3.8) is 0 Å². The average molecular weight is 209 g/mol. The SMILES string of the molecule is Clc1ccc2c(c1)C1=NNCC1CO2. The molecule has 1 atom stereocenters. The van der Waals surface area contributed by atoms with Gasteiger partial charge in [-0.3, -0.25) is 0 Å². The molecule has 2 aliphatic heterocycles. The van der Waals surface area contributed by atoms with Gasteiger partial charge in [0.15, 0.2) is 0 Å². The number of hydrogen-bond donors (Lipinski definition) is 1. The zero-order valence-electron chi connectivity index (χ0n) is 7.46. The summed E-state index contributed by atoms with van der Waals surface area (Å²) in [4.78, 5) is 0. The number of fused-ring (bicyclic) bond motifs is 3. The van der Waals surface area contributed by atoms with E-state index in [-0.39, 0.29) is 0 Å². The fourth-order valence-electron chi connectivity index (χ4n) is 1.87. The number of benzene rings is 1. The Hall–Kier alpha value is -1.22. The second kappa shape index (κ2) is 2.89. The molecule has 1 aromatic carbocycles. The van der Waals surface area contributed by atoms with Crippen LogP contribution in [-0.4, -0.2) is 18.9 Å². The van der Waals surface area contributed by atoms with Gasteiger partial charge in [0.05, 0.1) is 18.2 Å². The van der Waals surface area contributed by atoms with E-state index in [1.807, 2.05) is 18.2 Å². The highest BCUT2D eigenvalue weighted by molar-refractivity contribution is 6.31. The molecular formula is C10H9ClN2O. The van der Waals surface area contributed by atoms with Crippen LogP contribution in [0.15, 0.2) is 23.3 Å². The standard InChI is InChI=1S/C10H9ClN2O/c11-7-1-2-9-8(3-7)10-6(5-14-9)4-12-13-10/h1-3,6,12H,4-5H2. The molecule has 0 bridgehead atoms. The largest absolute Gasteiger partial charge is 0.492 e. The van der Waals surface area contributed by atoms with Gasteiger partial charge in [-0.05, 0) is 18.2 Å². The highest BCUT2D eigenvalue weighted by atomic mass is 35.5. The van der Waals surface area contributed by atoms with E-state index in [0.717, 1.165) is 28.6 Å². The van der Waals surface area contributed by atoms with Crippen LogP contribution in [0.4, 0.5) is 0 Å². The predicted molar refractivity (Wildman–Crippen MR) is 55.0 cm³/mol. The van der Waals surface area contributed by atoms with Gasteiger partial charge in [-0.25, -0.2) is 0 Å². The van der Waals surface area contributed by atoms with E-state index < -0.39 is 0 Å². The molecule has 2 aliphatic rings. The second-order valence-electron chi connectivity index (χ2n) is 3.51. The summed E-state index contributed by atoms with van der Waals surface area (Å²) in [6, 6.07) is 5.65. The fourth-order valence-corrected chi connectivity index (χ4v) is 2.04. The average Bonchev–Trinajstić information content (AvgIpc) is 2.65. The van der Waals surface area contributed by atoms with Crippen LogP contribution in [-0.2, 0) is 0 Å². The third-order valence-electron chi connectivity index (χ3n) is 2.58. The molecule has 0 aliphatic carbocycles. The molecule has 72 valence electrons. The first-order chi connectivity index (χ1) is 6.84. The zero-order chi connectivity index (χ0) is 9.54. The van der Waals surface area contributed by atoms with Crippen molar-refractivity contribution in [2.24, 2.45) is 11.0 Å². The van der Waals surface area contributed by atoms with Crippen LogP contribution in [0, 0.1) is 5.92 Å². The molecule has 0 saturated carbocycles. The first kappa shape index (κ1) is 8.12. The van der Waals surface area contributed by atoms with Crippen molar-refractivity contribution in [3.8, 4) is 5.75 Å². The maximum atomic E-state index is 5.94. The zero-order valence-corrected chi connectivity index (χ0v) is 8.21. The van der Waals surface area contributed by atoms with Crippen molar-refractivity contribution in [2.45, 2.75) is 0 Å². The van der Waals surface area contributed by atoms with Crippen LogP contribution >= 0.6 is 11.6 Å². The Morgan fingerprint density at radius 2 is 2.43 bits per heavy atom. The van der Waals surface area contributed by atoms with Crippen LogP contribution in [0.2, 0.25) is 5.02 Å². The molecule has 1 N–H and O–H groups in total. The van der Waals surface area contributed by atoms with E-state index >= 15 is 0 Å². The maximum Gasteiger partial charge on any atom is 0.128 e. The van der Waals surface area contributed by atoms with E-state index in [4.69, 9.17) is 16.3 Å². The molecule has 0 saturated heterocycles. The Labute approximate surface area is 86.7 Å². The summed E-state index contributed by atoms with van der Waals surface area (Å²) < 4.78 is 5.61. The monoisotopic (exact) mass is 208 g/mol. The van der Waals surface area contributed by atoms with Crippen molar-refractivity contribution in [3.05, 3.63) is 28.8 Å². The Morgan fingerprint density at radius 3 is 3.36 bits per heavy atom. The Balaban J connectivity index is 2.16. The summed E-state index contributed by atoms with van der Waals surface area (Å²) >= 11 is 5.94. The Morgan fingerprint density at radius 1 is 1.50 bits per heavy atom. The van der Waals surface area contributed by atoms with Crippen LogP contribution in [0.1, 0.15) is 5.56 Å². The summed E-state index contributed by atoms with van der Waals surface area (Å²) in [5.74, 6) is 1.26. The van der Waals surface area contributed by atoms with Gasteiger partial charge in [0.2, 0.25) is 0 Å². The first-order valence-corrected chi connectivity index (χ1v) is 4.95. The summed E-state index contributed by atoms with van der Waals surface area (Å²) in [5.41, 5.74) is 5.09. The molecule has 1 unspecified atom stereocenters. The number of rotatable bonds is 0. The molecule has 0 aromatic heterocycles. The lowest BCUT2D eigenvalue weighted by molar-refractivity contribution is 0.278. The Kier molecular flexibility index (Phi) is 1.67. The summed E-state index contributed by atoms with van der Waals surface area (Å²) in [5, 5.41) is 4.99. The van der Waals surface area contributed by atoms with Gasteiger partial charge in [0.1, 0.15) is 5.75 Å². The summed E-state index contributed by atoms with van der Waals surface area (Å²) in [6.45, 7) is 1.57. The molecule has 2 heterocycles. The second-order valence-corrected chi connectivity index (χ2v) is 3.94. The number of nitrogens with zero attached hydrogens (tertiary/aromatic N) is 1. The molecule has 3 nitrogen and oxygen atoms in total. The van der Waals surface area contributed by atoms with E-state index in [2.05, 4.69) is 10.5 Å². The van der Waals surface area contributed by atoms with Crippen molar-refractivity contribution in [1.82, 2.24) is 5.43 Å². The molecular weight excluding hydrogens is 200 g/mol. The minimum atomic E-state index is 0.376. The van der Waals surface area contributed by atoms with Crippen molar-refractivity contribution in [2.75, 3.05) is 13.2 Å². The third-order valence-corrected chi connectivity index (χ3v) is 2.82. The Bertz CT molecular complexity index is 417. The highest BCUT2D eigenvalue weighted by Crippen LogP contribution is 2.31. The molecule has 0 radical (unpaired) electrons. The van der Waals surface area contributed by atoms with Crippen LogP contribution in [0.25, 0.3) is 0 Å². The lowest BCUT2D eigenvalue weighted by Gasteiger charge is -2.22. The minimum Gasteiger partial charge on any atom is -0.492 e. The lowest BCUT2D eigenvalue weighted by Crippen LogP contribution is -2.28. The molecule has 1 aromatic rings. The highest BCUT2D eigenvalue weighted by Gasteiger charge is 2.30. The van der Waals surface area contributed by atoms with Crippen LogP contribution in [0.5, 0.6) is 5.75 Å². The number of ether oxygens (including phenoxy) is 1. The molecule has 14 heavy (non-hydrogen) atoms. The topological polar surface area (TPSA) is 33.6 Å². The molecule has 0 spiro atoms. The van der Waals surface area contributed by atoms with Gasteiger partial charge in [-0.1, -0.05) is 11.6 Å². The quantitative estimate of drug-likeness (QED) is 0.704. The lowest BCUT2D eigenvalue weighted by atomic mass is 9.95. The molecule has 0 amide bonds. The van der Waals surface area contributed by atoms with Crippen molar-refractivity contribution >= 4 is 17.3 Å². The summed E-state index contributed by atoms with van der Waals surface area (Å²) in [6.07, 6.45) is 0. The van der Waals surface area contributed by atoms with Gasteiger partial charge in [0, 0.05) is 17.1 Å². The predicted octanol–water partition coefficient (Wildman–Crippen LogP) is 1.66. The molecule has 4 heteroatoms. The van der Waals surface area contributed by atoms with Gasteiger partial charge in [-0.2, -0.15) is 5.10 Å².